The molecule has 3 saturated carbocycles. The van der Waals surface area contributed by atoms with E-state index in [2.05, 4.69) is 26.1 Å². The quantitative estimate of drug-likeness (QED) is 0.768. The molecule has 1 nitrogen and oxygen atoms in total. The van der Waals surface area contributed by atoms with Gasteiger partial charge in [0.05, 0.1) is 0 Å². The molecule has 0 aromatic rings. The van der Waals surface area contributed by atoms with E-state index in [1.54, 1.807) is 12.8 Å². The fourth-order valence-corrected chi connectivity index (χ4v) is 4.44. The zero-order chi connectivity index (χ0) is 11.4. The first-order chi connectivity index (χ1) is 7.50. The highest BCUT2D eigenvalue weighted by Crippen LogP contribution is 2.64. The molecule has 2 bridgehead atoms. The molecule has 0 radical (unpaired) electrons. The summed E-state index contributed by atoms with van der Waals surface area (Å²) in [6.45, 7) is 8.21. The van der Waals surface area contributed by atoms with Crippen molar-refractivity contribution >= 4 is 0 Å². The van der Waals surface area contributed by atoms with Crippen molar-refractivity contribution in [3.8, 4) is 0 Å². The van der Waals surface area contributed by atoms with E-state index in [4.69, 9.17) is 0 Å². The Kier molecular flexibility index (Phi) is 2.41. The molecule has 0 aliphatic heterocycles. The van der Waals surface area contributed by atoms with Crippen LogP contribution in [0.5, 0.6) is 0 Å². The van der Waals surface area contributed by atoms with E-state index >= 15 is 0 Å². The van der Waals surface area contributed by atoms with Crippen molar-refractivity contribution in [1.29, 1.82) is 0 Å². The fourth-order valence-electron chi connectivity index (χ4n) is 4.44. The molecule has 3 fully saturated rings. The highest BCUT2D eigenvalue weighted by atomic mass is 15.0. The van der Waals surface area contributed by atoms with Crippen molar-refractivity contribution in [3.05, 3.63) is 0 Å². The standard InChI is InChI=1S/C15H27N/c1-14(2,3)16-10-15(12-6-7-12)9-11-4-5-13(15)8-11/h11-13,16H,4-10H2,1-3H3. The van der Waals surface area contributed by atoms with Gasteiger partial charge in [-0.15, -0.1) is 0 Å². The molecule has 3 aliphatic carbocycles. The third kappa shape index (κ3) is 1.81. The molecule has 0 aromatic heterocycles. The molecular weight excluding hydrogens is 194 g/mol. The Morgan fingerprint density at radius 2 is 1.75 bits per heavy atom. The van der Waals surface area contributed by atoms with Gasteiger partial charge in [-0.1, -0.05) is 6.42 Å². The predicted octanol–water partition coefficient (Wildman–Crippen LogP) is 3.59. The SMILES string of the molecule is CC(C)(C)NCC1(C2CC2)CC2CCC1C2. The summed E-state index contributed by atoms with van der Waals surface area (Å²) in [5, 5.41) is 3.81. The van der Waals surface area contributed by atoms with Crippen LogP contribution in [0.25, 0.3) is 0 Å². The van der Waals surface area contributed by atoms with Crippen LogP contribution in [0.4, 0.5) is 0 Å². The molecule has 0 aromatic carbocycles. The largest absolute Gasteiger partial charge is 0.311 e. The van der Waals surface area contributed by atoms with Crippen molar-refractivity contribution in [2.45, 2.75) is 64.8 Å². The van der Waals surface area contributed by atoms with Crippen molar-refractivity contribution in [3.63, 3.8) is 0 Å². The molecule has 0 saturated heterocycles. The lowest BCUT2D eigenvalue weighted by Crippen LogP contribution is -2.47. The highest BCUT2D eigenvalue weighted by molar-refractivity contribution is 5.08. The maximum atomic E-state index is 3.81. The Bertz CT molecular complexity index is 274. The van der Waals surface area contributed by atoms with Crippen molar-refractivity contribution in [2.24, 2.45) is 23.2 Å². The van der Waals surface area contributed by atoms with E-state index in [-0.39, 0.29) is 0 Å². The van der Waals surface area contributed by atoms with Gasteiger partial charge in [-0.3, -0.25) is 0 Å². The number of fused-ring (bicyclic) bond motifs is 2. The number of rotatable bonds is 3. The average molecular weight is 221 g/mol. The van der Waals surface area contributed by atoms with E-state index < -0.39 is 0 Å². The number of hydrogen-bond acceptors (Lipinski definition) is 1. The van der Waals surface area contributed by atoms with Gasteiger partial charge in [0.1, 0.15) is 0 Å². The van der Waals surface area contributed by atoms with Gasteiger partial charge in [-0.2, -0.15) is 0 Å². The number of hydrogen-bond donors (Lipinski definition) is 1. The van der Waals surface area contributed by atoms with Gasteiger partial charge in [0, 0.05) is 12.1 Å². The lowest BCUT2D eigenvalue weighted by molar-refractivity contribution is 0.114. The summed E-state index contributed by atoms with van der Waals surface area (Å²) in [5.74, 6) is 3.24. The second kappa shape index (κ2) is 3.48. The highest BCUT2D eigenvalue weighted by Gasteiger charge is 2.57. The molecule has 3 rings (SSSR count). The van der Waals surface area contributed by atoms with Crippen LogP contribution in [0.15, 0.2) is 0 Å². The van der Waals surface area contributed by atoms with Gasteiger partial charge in [0.2, 0.25) is 0 Å². The Balaban J connectivity index is 1.72. The average Bonchev–Trinajstić information content (AvgIpc) is 2.87. The minimum Gasteiger partial charge on any atom is -0.311 e. The zero-order valence-corrected chi connectivity index (χ0v) is 11.2. The first-order valence-electron chi connectivity index (χ1n) is 7.25. The smallest absolute Gasteiger partial charge is 0.00967 e. The van der Waals surface area contributed by atoms with Crippen LogP contribution in [0.3, 0.4) is 0 Å². The summed E-state index contributed by atoms with van der Waals surface area (Å²) in [5.41, 5.74) is 1.01. The Morgan fingerprint density at radius 1 is 1.06 bits per heavy atom. The first-order valence-corrected chi connectivity index (χ1v) is 7.25. The normalized spacial score (nSPS) is 42.9. The van der Waals surface area contributed by atoms with Crippen molar-refractivity contribution in [1.82, 2.24) is 5.32 Å². The van der Waals surface area contributed by atoms with Crippen LogP contribution in [-0.4, -0.2) is 12.1 Å². The van der Waals surface area contributed by atoms with Crippen LogP contribution in [0.1, 0.15) is 59.3 Å². The van der Waals surface area contributed by atoms with Crippen LogP contribution >= 0.6 is 0 Å². The Hall–Kier alpha value is -0.0400. The molecule has 0 spiro atoms. The topological polar surface area (TPSA) is 12.0 Å². The summed E-state index contributed by atoms with van der Waals surface area (Å²) in [6, 6.07) is 0. The predicted molar refractivity (Wildman–Crippen MR) is 68.4 cm³/mol. The maximum absolute atomic E-state index is 3.81. The van der Waals surface area contributed by atoms with Gasteiger partial charge >= 0.3 is 0 Å². The van der Waals surface area contributed by atoms with Crippen LogP contribution in [0, 0.1) is 23.2 Å². The van der Waals surface area contributed by atoms with Crippen molar-refractivity contribution in [2.75, 3.05) is 6.54 Å². The molecular formula is C15H27N. The maximum Gasteiger partial charge on any atom is 0.00967 e. The summed E-state index contributed by atoms with van der Waals surface area (Å²) in [6.07, 6.45) is 9.22. The van der Waals surface area contributed by atoms with Crippen LogP contribution in [-0.2, 0) is 0 Å². The van der Waals surface area contributed by atoms with Crippen LogP contribution < -0.4 is 5.32 Å². The second-order valence-electron chi connectivity index (χ2n) is 7.69. The monoisotopic (exact) mass is 221 g/mol. The minimum absolute atomic E-state index is 0.295. The van der Waals surface area contributed by atoms with E-state index in [0.29, 0.717) is 5.54 Å². The van der Waals surface area contributed by atoms with Crippen molar-refractivity contribution < 1.29 is 0 Å². The number of nitrogens with one attached hydrogen (secondary N) is 1. The molecule has 1 heteroatoms. The molecule has 16 heavy (non-hydrogen) atoms. The van der Waals surface area contributed by atoms with E-state index in [0.717, 1.165) is 23.2 Å². The van der Waals surface area contributed by atoms with E-state index in [1.807, 2.05) is 0 Å². The molecule has 92 valence electrons. The third-order valence-electron chi connectivity index (χ3n) is 5.36. The molecule has 3 aliphatic rings. The zero-order valence-electron chi connectivity index (χ0n) is 11.2. The first kappa shape index (κ1) is 11.1. The Morgan fingerprint density at radius 3 is 2.19 bits per heavy atom. The molecule has 3 unspecified atom stereocenters. The second-order valence-corrected chi connectivity index (χ2v) is 7.69. The van der Waals surface area contributed by atoms with Gasteiger partial charge in [0.25, 0.3) is 0 Å². The summed E-state index contributed by atoms with van der Waals surface area (Å²) < 4.78 is 0. The molecule has 3 atom stereocenters. The van der Waals surface area contributed by atoms with Gasteiger partial charge in [-0.25, -0.2) is 0 Å². The third-order valence-corrected chi connectivity index (χ3v) is 5.36. The molecule has 0 heterocycles. The summed E-state index contributed by atoms with van der Waals surface area (Å²) in [7, 11) is 0. The molecule has 1 N–H and O–H groups in total. The summed E-state index contributed by atoms with van der Waals surface area (Å²) in [4.78, 5) is 0. The minimum atomic E-state index is 0.295. The van der Waals surface area contributed by atoms with Gasteiger partial charge in [0.15, 0.2) is 0 Å². The lowest BCUT2D eigenvalue weighted by atomic mass is 9.69. The van der Waals surface area contributed by atoms with E-state index in [9.17, 15) is 0 Å². The fraction of sp³-hybridized carbons (Fsp3) is 1.00. The summed E-state index contributed by atoms with van der Waals surface area (Å²) >= 11 is 0. The van der Waals surface area contributed by atoms with Gasteiger partial charge < -0.3 is 5.32 Å². The van der Waals surface area contributed by atoms with Crippen LogP contribution in [0.2, 0.25) is 0 Å². The van der Waals surface area contributed by atoms with E-state index in [1.165, 1.54) is 32.2 Å². The Labute approximate surface area is 100 Å². The van der Waals surface area contributed by atoms with Gasteiger partial charge in [-0.05, 0) is 76.0 Å². The lowest BCUT2D eigenvalue weighted by Gasteiger charge is -2.40. The molecule has 0 amide bonds.